The van der Waals surface area contributed by atoms with Gasteiger partial charge < -0.3 is 14.5 Å². The number of fused-ring (bicyclic) bond motifs is 6. The van der Waals surface area contributed by atoms with Crippen molar-refractivity contribution < 1.29 is 19.1 Å². The van der Waals surface area contributed by atoms with Crippen LogP contribution in [0.2, 0.25) is 0 Å². The summed E-state index contributed by atoms with van der Waals surface area (Å²) < 4.78 is 10.6. The van der Waals surface area contributed by atoms with Crippen LogP contribution in [0.15, 0.2) is 36.1 Å². The number of hydrazine groups is 1. The second-order valence-electron chi connectivity index (χ2n) is 8.54. The first-order chi connectivity index (χ1) is 15.1. The molecular weight excluding hydrogens is 396 g/mol. The molecule has 3 unspecified atom stereocenters. The lowest BCUT2D eigenvalue weighted by Crippen LogP contribution is -2.53. The number of hydrogen-bond acceptors (Lipinski definition) is 5. The first-order valence-electron chi connectivity index (χ1n) is 11.0. The number of carbonyl (C=O) groups excluding carboxylic acids is 2. The molecule has 3 N–H and O–H groups in total. The van der Waals surface area contributed by atoms with E-state index in [0.717, 1.165) is 25.9 Å². The number of ether oxygens (including phenoxy) is 2. The molecular formula is C23H28N4O4. The van der Waals surface area contributed by atoms with Crippen molar-refractivity contribution in [2.75, 3.05) is 19.7 Å². The molecule has 0 bridgehead atoms. The maximum Gasteiger partial charge on any atom is 0.426 e. The van der Waals surface area contributed by atoms with E-state index in [2.05, 4.69) is 51.9 Å². The number of benzene rings is 1. The van der Waals surface area contributed by atoms with Gasteiger partial charge in [-0.1, -0.05) is 18.2 Å². The van der Waals surface area contributed by atoms with Crippen LogP contribution in [0.25, 0.3) is 10.9 Å². The first kappa shape index (κ1) is 19.9. The lowest BCUT2D eigenvalue weighted by molar-refractivity contribution is -0.121. The van der Waals surface area contributed by atoms with Gasteiger partial charge in [-0.25, -0.2) is 10.2 Å². The normalized spacial score (nSPS) is 27.2. The third-order valence-corrected chi connectivity index (χ3v) is 6.94. The lowest BCUT2D eigenvalue weighted by atomic mass is 9.72. The number of nitrogens with zero attached hydrogens (tertiary/aromatic N) is 1. The minimum Gasteiger partial charge on any atom is -0.497 e. The Labute approximate surface area is 180 Å². The van der Waals surface area contributed by atoms with Crippen molar-refractivity contribution in [2.45, 2.75) is 38.8 Å². The van der Waals surface area contributed by atoms with E-state index in [1.807, 2.05) is 0 Å². The maximum absolute atomic E-state index is 12.9. The number of H-pyrrole nitrogens is 1. The second kappa shape index (κ2) is 7.92. The highest BCUT2D eigenvalue weighted by Crippen LogP contribution is 2.47. The van der Waals surface area contributed by atoms with E-state index in [1.165, 1.54) is 22.2 Å². The van der Waals surface area contributed by atoms with Gasteiger partial charge in [0, 0.05) is 41.5 Å². The lowest BCUT2D eigenvalue weighted by Gasteiger charge is -2.49. The molecule has 5 rings (SSSR count). The Morgan fingerprint density at radius 2 is 2.13 bits per heavy atom. The molecule has 3 aliphatic rings. The van der Waals surface area contributed by atoms with E-state index in [9.17, 15) is 9.59 Å². The van der Waals surface area contributed by atoms with Gasteiger partial charge in [0.15, 0.2) is 0 Å². The van der Waals surface area contributed by atoms with Gasteiger partial charge in [0.2, 0.25) is 0 Å². The van der Waals surface area contributed by atoms with Gasteiger partial charge in [0.05, 0.1) is 30.6 Å². The number of aromatic nitrogens is 1. The number of carbonyl (C=O) groups is 2. The molecule has 164 valence electrons. The van der Waals surface area contributed by atoms with Crippen LogP contribution in [0.5, 0.6) is 0 Å². The minimum atomic E-state index is -0.678. The summed E-state index contributed by atoms with van der Waals surface area (Å²) in [5, 5.41) is 1.30. The fraction of sp³-hybridized carbons (Fsp3) is 0.478. The number of hydrogen-bond donors (Lipinski definition) is 3. The van der Waals surface area contributed by atoms with Crippen molar-refractivity contribution in [1.29, 1.82) is 0 Å². The zero-order chi connectivity index (χ0) is 21.5. The maximum atomic E-state index is 12.9. The predicted molar refractivity (Wildman–Crippen MR) is 115 cm³/mol. The van der Waals surface area contributed by atoms with Crippen LogP contribution < -0.4 is 10.9 Å². The Balaban J connectivity index is 1.40. The van der Waals surface area contributed by atoms with Crippen molar-refractivity contribution in [3.63, 3.8) is 0 Å². The van der Waals surface area contributed by atoms with E-state index < -0.39 is 6.09 Å². The Bertz CT molecular complexity index is 1050. The van der Waals surface area contributed by atoms with Gasteiger partial charge in [0.1, 0.15) is 0 Å². The van der Waals surface area contributed by atoms with Crippen LogP contribution in [0.4, 0.5) is 4.79 Å². The van der Waals surface area contributed by atoms with Gasteiger partial charge in [-0.15, -0.1) is 0 Å². The van der Waals surface area contributed by atoms with Crippen LogP contribution in [0, 0.1) is 11.8 Å². The molecule has 3 aliphatic heterocycles. The molecule has 0 radical (unpaired) electrons. The number of amides is 2. The highest BCUT2D eigenvalue weighted by Gasteiger charge is 2.46. The Hall–Kier alpha value is -3.00. The summed E-state index contributed by atoms with van der Waals surface area (Å²) in [6.45, 7) is 5.89. The van der Waals surface area contributed by atoms with Gasteiger partial charge in [-0.2, -0.15) is 0 Å². The van der Waals surface area contributed by atoms with E-state index in [-0.39, 0.29) is 36.5 Å². The first-order valence-corrected chi connectivity index (χ1v) is 11.0. The van der Waals surface area contributed by atoms with Crippen molar-refractivity contribution >= 4 is 22.9 Å². The summed E-state index contributed by atoms with van der Waals surface area (Å²) in [5.74, 6) is -0.0852. The molecule has 0 spiro atoms. The van der Waals surface area contributed by atoms with Crippen molar-refractivity contribution in [1.82, 2.24) is 20.7 Å². The summed E-state index contributed by atoms with van der Waals surface area (Å²) in [5.41, 5.74) is 9.18. The fourth-order valence-electron chi connectivity index (χ4n) is 5.44. The number of piperidine rings is 1. The van der Waals surface area contributed by atoms with Gasteiger partial charge >= 0.3 is 6.09 Å². The predicted octanol–water partition coefficient (Wildman–Crippen LogP) is 2.78. The summed E-state index contributed by atoms with van der Waals surface area (Å²) in [6.07, 6.45) is 2.78. The summed E-state index contributed by atoms with van der Waals surface area (Å²) in [7, 11) is 0. The molecule has 2 aromatic rings. The van der Waals surface area contributed by atoms with Gasteiger partial charge in [-0.3, -0.25) is 15.1 Å². The van der Waals surface area contributed by atoms with E-state index in [1.54, 1.807) is 13.2 Å². The van der Waals surface area contributed by atoms with Crippen molar-refractivity contribution in [3.05, 3.63) is 47.4 Å². The van der Waals surface area contributed by atoms with E-state index in [4.69, 9.17) is 9.47 Å². The number of aromatic amines is 1. The standard InChI is InChI=1S/C23H28N4O4/c1-3-30-23(29)26-25-22(28)18-12-31-13(2)17-11-27-9-8-15-14-6-4-5-7-19(14)24-21(15)20(27)10-16(17)18/h4-7,12-13,16-17,20,24H,3,8-11H2,1-2H3,(H,25,28)(H,26,29)/t13-,16?,17?,20?/m0/s1. The Kier molecular flexibility index (Phi) is 5.09. The largest absolute Gasteiger partial charge is 0.497 e. The number of nitrogens with one attached hydrogen (secondary N) is 3. The molecule has 4 heterocycles. The zero-order valence-corrected chi connectivity index (χ0v) is 17.8. The van der Waals surface area contributed by atoms with Crippen LogP contribution in [0.1, 0.15) is 37.6 Å². The monoisotopic (exact) mass is 424 g/mol. The topological polar surface area (TPSA) is 95.7 Å². The van der Waals surface area contributed by atoms with E-state index in [0.29, 0.717) is 5.57 Å². The van der Waals surface area contributed by atoms with Crippen molar-refractivity contribution in [3.8, 4) is 0 Å². The quantitative estimate of drug-likeness (QED) is 0.645. The molecule has 31 heavy (non-hydrogen) atoms. The second-order valence-corrected chi connectivity index (χ2v) is 8.54. The highest BCUT2D eigenvalue weighted by atomic mass is 16.6. The van der Waals surface area contributed by atoms with Gasteiger partial charge in [-0.05, 0) is 38.3 Å². The van der Waals surface area contributed by atoms with E-state index >= 15 is 0 Å². The average molecular weight is 425 g/mol. The highest BCUT2D eigenvalue weighted by molar-refractivity contribution is 5.94. The zero-order valence-electron chi connectivity index (χ0n) is 17.8. The van der Waals surface area contributed by atoms with Gasteiger partial charge in [0.25, 0.3) is 5.91 Å². The summed E-state index contributed by atoms with van der Waals surface area (Å²) >= 11 is 0. The number of rotatable bonds is 2. The Morgan fingerprint density at radius 3 is 2.97 bits per heavy atom. The summed E-state index contributed by atoms with van der Waals surface area (Å²) in [4.78, 5) is 30.6. The van der Waals surface area contributed by atoms with Crippen LogP contribution in [-0.2, 0) is 20.7 Å². The molecule has 0 aliphatic carbocycles. The molecule has 1 fully saturated rings. The molecule has 4 atom stereocenters. The molecule has 8 nitrogen and oxygen atoms in total. The van der Waals surface area contributed by atoms with Crippen molar-refractivity contribution in [2.24, 2.45) is 11.8 Å². The molecule has 0 saturated carbocycles. The molecule has 1 aromatic heterocycles. The third kappa shape index (κ3) is 3.44. The van der Waals surface area contributed by atoms with Crippen LogP contribution in [0.3, 0.4) is 0 Å². The molecule has 1 saturated heterocycles. The average Bonchev–Trinajstić information content (AvgIpc) is 3.16. The number of para-hydroxylation sites is 1. The SMILES string of the molecule is CCOC(=O)NNC(=O)C1=CO[C@@H](C)C2CN3CCc4c([nH]c5ccccc45)C3CC12. The minimum absolute atomic E-state index is 0.0321. The van der Waals surface area contributed by atoms with Crippen LogP contribution in [-0.4, -0.2) is 47.7 Å². The third-order valence-electron chi connectivity index (χ3n) is 6.94. The molecule has 2 amide bonds. The smallest absolute Gasteiger partial charge is 0.426 e. The summed E-state index contributed by atoms with van der Waals surface area (Å²) in [6, 6.07) is 8.68. The van der Waals surface area contributed by atoms with Crippen LogP contribution >= 0.6 is 0 Å². The Morgan fingerprint density at radius 1 is 1.29 bits per heavy atom. The fourth-order valence-corrected chi connectivity index (χ4v) is 5.44. The molecule has 8 heteroatoms. The molecule has 1 aromatic carbocycles.